The SMILES string of the molecule is [C-]1=CC=CC1.[CH3-].[CH3-].[H-].[H-].[SiH2]=[Zr]. The van der Waals surface area contributed by atoms with Crippen molar-refractivity contribution in [2.24, 2.45) is 0 Å². The van der Waals surface area contributed by atoms with Gasteiger partial charge < -0.3 is 17.7 Å². The van der Waals surface area contributed by atoms with E-state index >= 15 is 0 Å². The molecular weight excluding hydrogens is 203 g/mol. The third kappa shape index (κ3) is 11.9. The monoisotopic (exact) mass is 217 g/mol. The molecule has 0 aliphatic heterocycles. The van der Waals surface area contributed by atoms with E-state index in [1.54, 1.807) is 23.3 Å². The second kappa shape index (κ2) is 15.8. The van der Waals surface area contributed by atoms with Crippen LogP contribution >= 0.6 is 0 Å². The second-order valence-corrected chi connectivity index (χ2v) is 1.00. The summed E-state index contributed by atoms with van der Waals surface area (Å²) in [5, 5.41) is 0. The first-order valence-electron chi connectivity index (χ1n) is 2.07. The van der Waals surface area contributed by atoms with Crippen LogP contribution in [-0.2, 0) is 23.3 Å². The molecule has 0 saturated heterocycles. The minimum atomic E-state index is 0. The molecule has 1 aliphatic rings. The van der Waals surface area contributed by atoms with E-state index in [1.807, 2.05) is 19.0 Å². The Morgan fingerprint density at radius 1 is 1.44 bits per heavy atom. The Kier molecular flexibility index (Phi) is 28.7. The van der Waals surface area contributed by atoms with Crippen LogP contribution in [0.3, 0.4) is 0 Å². The van der Waals surface area contributed by atoms with Crippen LogP contribution in [0.2, 0.25) is 0 Å². The molecule has 0 saturated carbocycles. The van der Waals surface area contributed by atoms with Crippen LogP contribution in [-0.4, -0.2) is 6.88 Å². The molecule has 0 nitrogen and oxygen atoms in total. The van der Waals surface area contributed by atoms with Gasteiger partial charge in [-0.15, -0.1) is 6.42 Å². The Morgan fingerprint density at radius 2 is 2.00 bits per heavy atom. The standard InChI is InChI=1S/C5H5.2CH3.H2Si.Zr.2H/c1-2-4-5-3-1;;;;;;/h1-3H,4H2;2*1H3;1H2;;;/q3*-1;;;2*-1. The first-order chi connectivity index (χ1) is 3.50. The molecular formula is C7H15SiZr-5. The molecule has 0 unspecified atom stereocenters. The van der Waals surface area contributed by atoms with Crippen LogP contribution < -0.4 is 0 Å². The van der Waals surface area contributed by atoms with Crippen LogP contribution in [0, 0.1) is 20.9 Å². The number of allylic oxidation sites excluding steroid dienone is 4. The van der Waals surface area contributed by atoms with Crippen molar-refractivity contribution in [3.05, 3.63) is 39.2 Å². The van der Waals surface area contributed by atoms with Gasteiger partial charge in [-0.3, -0.25) is 6.08 Å². The first kappa shape index (κ1) is 16.3. The number of rotatable bonds is 0. The summed E-state index contributed by atoms with van der Waals surface area (Å²) < 4.78 is 0. The summed E-state index contributed by atoms with van der Waals surface area (Å²) in [6.07, 6.45) is 10.0. The van der Waals surface area contributed by atoms with E-state index in [9.17, 15) is 0 Å². The molecule has 0 heterocycles. The van der Waals surface area contributed by atoms with E-state index in [1.165, 1.54) is 0 Å². The average molecular weight is 219 g/mol. The van der Waals surface area contributed by atoms with Gasteiger partial charge >= 0.3 is 30.2 Å². The maximum absolute atomic E-state index is 2.99. The summed E-state index contributed by atoms with van der Waals surface area (Å²) >= 11 is 1.58. The molecule has 9 heavy (non-hydrogen) atoms. The summed E-state index contributed by atoms with van der Waals surface area (Å²) in [5.74, 6) is 0. The molecule has 0 radical (unpaired) electrons. The van der Waals surface area contributed by atoms with Crippen molar-refractivity contribution in [1.29, 1.82) is 0 Å². The molecule has 0 amide bonds. The van der Waals surface area contributed by atoms with E-state index in [0.29, 0.717) is 0 Å². The summed E-state index contributed by atoms with van der Waals surface area (Å²) in [6.45, 7) is 1.95. The molecule has 1 rings (SSSR count). The Bertz CT molecular complexity index is 84.4. The summed E-state index contributed by atoms with van der Waals surface area (Å²) in [6, 6.07) is 0. The predicted octanol–water partition coefficient (Wildman–Crippen LogP) is 1.51. The van der Waals surface area contributed by atoms with Crippen molar-refractivity contribution in [2.75, 3.05) is 0 Å². The van der Waals surface area contributed by atoms with Gasteiger partial charge in [-0.25, -0.2) is 12.2 Å². The Morgan fingerprint density at radius 3 is 2.11 bits per heavy atom. The normalized spacial score (nSPS) is 10.1. The van der Waals surface area contributed by atoms with Gasteiger partial charge in [-0.2, -0.15) is 6.08 Å². The van der Waals surface area contributed by atoms with Crippen LogP contribution in [0.1, 0.15) is 9.27 Å². The summed E-state index contributed by atoms with van der Waals surface area (Å²) in [4.78, 5) is 0. The zero-order valence-electron chi connectivity index (χ0n) is 8.15. The van der Waals surface area contributed by atoms with Gasteiger partial charge in [-0.05, 0) is 0 Å². The van der Waals surface area contributed by atoms with E-state index < -0.39 is 0 Å². The van der Waals surface area contributed by atoms with Crippen molar-refractivity contribution >= 4 is 6.88 Å². The van der Waals surface area contributed by atoms with E-state index in [-0.39, 0.29) is 17.7 Å². The van der Waals surface area contributed by atoms with Crippen molar-refractivity contribution in [3.8, 4) is 0 Å². The topological polar surface area (TPSA) is 0 Å². The molecule has 0 spiro atoms. The van der Waals surface area contributed by atoms with Crippen LogP contribution in [0.4, 0.5) is 0 Å². The first-order valence-corrected chi connectivity index (χ1v) is 7.99. The fraction of sp³-hybridized carbons (Fsp3) is 0.143. The van der Waals surface area contributed by atoms with Crippen LogP contribution in [0.5, 0.6) is 0 Å². The molecule has 0 aromatic heterocycles. The fourth-order valence-corrected chi connectivity index (χ4v) is 0.340. The van der Waals surface area contributed by atoms with Gasteiger partial charge in [0.1, 0.15) is 0 Å². The molecule has 2 heteroatoms. The molecule has 1 aliphatic carbocycles. The van der Waals surface area contributed by atoms with Gasteiger partial charge in [0, 0.05) is 0 Å². The van der Waals surface area contributed by atoms with Crippen molar-refractivity contribution < 1.29 is 26.2 Å². The number of hydrogen-bond acceptors (Lipinski definition) is 0. The van der Waals surface area contributed by atoms with E-state index in [2.05, 4.69) is 12.2 Å². The maximum atomic E-state index is 2.99. The van der Waals surface area contributed by atoms with E-state index in [4.69, 9.17) is 0 Å². The van der Waals surface area contributed by atoms with Crippen molar-refractivity contribution in [2.45, 2.75) is 6.42 Å². The Hall–Kier alpha value is 0.580. The predicted molar refractivity (Wildman–Crippen MR) is 45.2 cm³/mol. The van der Waals surface area contributed by atoms with Crippen LogP contribution in [0.15, 0.2) is 18.2 Å². The van der Waals surface area contributed by atoms with E-state index in [0.717, 1.165) is 6.42 Å². The third-order valence-electron chi connectivity index (χ3n) is 0.586. The van der Waals surface area contributed by atoms with Gasteiger partial charge in [0.15, 0.2) is 0 Å². The molecule has 0 aromatic carbocycles. The van der Waals surface area contributed by atoms with Crippen molar-refractivity contribution in [1.82, 2.24) is 0 Å². The summed E-state index contributed by atoms with van der Waals surface area (Å²) in [7, 11) is 0. The van der Waals surface area contributed by atoms with Crippen molar-refractivity contribution in [3.63, 3.8) is 0 Å². The number of hydrogen-bond donors (Lipinski definition) is 0. The fourth-order valence-electron chi connectivity index (χ4n) is 0.340. The zero-order valence-corrected chi connectivity index (χ0v) is 10.0. The summed E-state index contributed by atoms with van der Waals surface area (Å²) in [5.41, 5.74) is 0. The second-order valence-electron chi connectivity index (χ2n) is 1.00. The minimum absolute atomic E-state index is 0. The molecule has 0 N–H and O–H groups in total. The zero-order chi connectivity index (χ0) is 5.54. The molecule has 0 atom stereocenters. The van der Waals surface area contributed by atoms with Gasteiger partial charge in [-0.1, -0.05) is 0 Å². The average Bonchev–Trinajstić information content (AvgIpc) is 2.23. The molecule has 56 valence electrons. The van der Waals surface area contributed by atoms with Gasteiger partial charge in [0.2, 0.25) is 0 Å². The van der Waals surface area contributed by atoms with Gasteiger partial charge in [0.05, 0.1) is 0 Å². The quantitative estimate of drug-likeness (QED) is 0.427. The Labute approximate surface area is 78.6 Å². The van der Waals surface area contributed by atoms with Crippen LogP contribution in [0.25, 0.3) is 0 Å². The van der Waals surface area contributed by atoms with Gasteiger partial charge in [0.25, 0.3) is 0 Å². The molecule has 0 fully saturated rings. The Balaban J connectivity index is -0.0000000189. The molecule has 0 aromatic rings. The third-order valence-corrected chi connectivity index (χ3v) is 0.586. The molecule has 0 bridgehead atoms.